The number of imidazole rings is 1. The molecule has 57 heavy (non-hydrogen) atoms. The average molecular weight is 739 g/mol. The molecule has 0 fully saturated rings. The van der Waals surface area contributed by atoms with Crippen molar-refractivity contribution in [3.05, 3.63) is 206 Å². The van der Waals surface area contributed by atoms with Gasteiger partial charge in [-0.2, -0.15) is 0 Å². The molecule has 9 aromatic rings. The van der Waals surface area contributed by atoms with Gasteiger partial charge in [0.15, 0.2) is 17.5 Å². The molecule has 5 nitrogen and oxygen atoms in total. The summed E-state index contributed by atoms with van der Waals surface area (Å²) >= 11 is 0. The second-order valence-corrected chi connectivity index (χ2v) is 13.5. The Morgan fingerprint density at radius 3 is 1.79 bits per heavy atom. The summed E-state index contributed by atoms with van der Waals surface area (Å²) in [6.07, 6.45) is 7.84. The van der Waals surface area contributed by atoms with Crippen molar-refractivity contribution in [2.24, 2.45) is 0 Å². The molecule has 272 valence electrons. The zero-order valence-corrected chi connectivity index (χ0v) is 31.4. The van der Waals surface area contributed by atoms with Crippen molar-refractivity contribution in [3.63, 3.8) is 0 Å². The molecule has 0 N–H and O–H groups in total. The summed E-state index contributed by atoms with van der Waals surface area (Å²) in [5.41, 5.74) is 10.9. The quantitative estimate of drug-likeness (QED) is 0.138. The Morgan fingerprint density at radius 1 is 0.491 bits per heavy atom. The van der Waals surface area contributed by atoms with Gasteiger partial charge in [0.2, 0.25) is 0 Å². The van der Waals surface area contributed by atoms with E-state index in [4.69, 9.17) is 26.8 Å². The Morgan fingerprint density at radius 2 is 1.07 bits per heavy atom. The molecule has 6 aromatic carbocycles. The molecular formula is C52H39N5. The van der Waals surface area contributed by atoms with Crippen molar-refractivity contribution in [1.29, 1.82) is 0 Å². The summed E-state index contributed by atoms with van der Waals surface area (Å²) in [6, 6.07) is 46.2. The smallest absolute Gasteiger partial charge is 0.164 e. The van der Waals surface area contributed by atoms with Gasteiger partial charge < -0.3 is 0 Å². The molecule has 3 heterocycles. The number of rotatable bonds is 9. The van der Waals surface area contributed by atoms with E-state index in [1.54, 1.807) is 6.07 Å². The highest BCUT2D eigenvalue weighted by Gasteiger charge is 2.18. The minimum atomic E-state index is -0.456. The van der Waals surface area contributed by atoms with Gasteiger partial charge in [0.05, 0.1) is 18.2 Å². The van der Waals surface area contributed by atoms with E-state index in [1.807, 2.05) is 147 Å². The van der Waals surface area contributed by atoms with E-state index >= 15 is 0 Å². The van der Waals surface area contributed by atoms with Crippen LogP contribution < -0.4 is 0 Å². The minimum absolute atomic E-state index is 0.0797. The van der Waals surface area contributed by atoms with E-state index in [9.17, 15) is 0 Å². The second kappa shape index (κ2) is 15.7. The number of benzene rings is 6. The third-order valence-corrected chi connectivity index (χ3v) is 9.83. The third-order valence-electron chi connectivity index (χ3n) is 9.83. The van der Waals surface area contributed by atoms with E-state index < -0.39 is 18.1 Å². The fraction of sp³-hybridized carbons (Fsp3) is 0.0385. The Hall–Kier alpha value is -7.50. The molecule has 0 aliphatic heterocycles. The number of pyridine rings is 1. The molecule has 5 heteroatoms. The first kappa shape index (κ1) is 29.8. The topological polar surface area (TPSA) is 56.0 Å². The number of nitrogens with zero attached hydrogens (tertiary/aromatic N) is 5. The first-order chi connectivity index (χ1) is 30.2. The number of aromatic nitrogens is 5. The highest BCUT2D eigenvalue weighted by molar-refractivity contribution is 5.86. The fourth-order valence-corrected chi connectivity index (χ4v) is 7.06. The molecule has 0 amide bonds. The van der Waals surface area contributed by atoms with Crippen LogP contribution in [0.1, 0.15) is 26.5 Å². The van der Waals surface area contributed by atoms with Crippen LogP contribution in [0.15, 0.2) is 200 Å². The fourth-order valence-electron chi connectivity index (χ4n) is 7.06. The Bertz CT molecular complexity index is 3170. The lowest BCUT2D eigenvalue weighted by Gasteiger charge is -2.13. The summed E-state index contributed by atoms with van der Waals surface area (Å²) in [7, 11) is 0. The predicted octanol–water partition coefficient (Wildman–Crippen LogP) is 13.2. The van der Waals surface area contributed by atoms with Crippen molar-refractivity contribution < 1.29 is 6.85 Å². The Labute approximate surface area is 340 Å². The van der Waals surface area contributed by atoms with Crippen LogP contribution >= 0.6 is 0 Å². The molecule has 0 aliphatic carbocycles. The van der Waals surface area contributed by atoms with E-state index in [-0.39, 0.29) is 17.6 Å². The molecule has 0 atom stereocenters. The maximum atomic E-state index is 8.98. The van der Waals surface area contributed by atoms with Crippen LogP contribution in [0, 0.1) is 0 Å². The lowest BCUT2D eigenvalue weighted by Crippen LogP contribution is -2.02. The molecule has 0 unspecified atom stereocenters. The molecule has 0 spiro atoms. The van der Waals surface area contributed by atoms with Crippen LogP contribution in [0.5, 0.6) is 0 Å². The van der Waals surface area contributed by atoms with Gasteiger partial charge in [-0.1, -0.05) is 158 Å². The van der Waals surface area contributed by atoms with Gasteiger partial charge in [0.1, 0.15) is 5.65 Å². The van der Waals surface area contributed by atoms with Gasteiger partial charge in [0.25, 0.3) is 0 Å². The van der Waals surface area contributed by atoms with Crippen LogP contribution in [-0.4, -0.2) is 24.3 Å². The van der Waals surface area contributed by atoms with Crippen LogP contribution in [0.2, 0.25) is 0 Å². The molecule has 0 saturated carbocycles. The van der Waals surface area contributed by atoms with Gasteiger partial charge in [-0.15, -0.1) is 0 Å². The molecule has 9 rings (SSSR count). The van der Waals surface area contributed by atoms with Gasteiger partial charge in [-0.05, 0) is 83.6 Å². The maximum Gasteiger partial charge on any atom is 0.164 e. The van der Waals surface area contributed by atoms with Crippen LogP contribution in [-0.2, 0) is 0 Å². The molecule has 0 aliphatic rings. The van der Waals surface area contributed by atoms with Gasteiger partial charge in [0, 0.05) is 34.0 Å². The number of fused-ring (bicyclic) bond motifs is 1. The van der Waals surface area contributed by atoms with Crippen molar-refractivity contribution in [2.45, 2.75) is 13.8 Å². The van der Waals surface area contributed by atoms with Gasteiger partial charge in [-0.3, -0.25) is 4.40 Å². The SMILES string of the molecule is [2H]c1c([2H])c([2H])c(-c2cc(-c3cccc(-c4nc5ccccn5c4-c4ccccc4)c3)cc(-c3nc(C(/C=C\C)=C/C)nc(-c4ccc(-c5ccccc5)cc4)n3)c2)c([2H])c1[2H]. The predicted molar refractivity (Wildman–Crippen MR) is 235 cm³/mol. The zero-order valence-electron chi connectivity index (χ0n) is 36.4. The summed E-state index contributed by atoms with van der Waals surface area (Å²) in [4.78, 5) is 20.2. The first-order valence-corrected chi connectivity index (χ1v) is 18.8. The minimum Gasteiger partial charge on any atom is -0.299 e. The number of hydrogen-bond acceptors (Lipinski definition) is 4. The lowest BCUT2D eigenvalue weighted by atomic mass is 9.94. The first-order valence-electron chi connectivity index (χ1n) is 21.3. The monoisotopic (exact) mass is 738 g/mol. The lowest BCUT2D eigenvalue weighted by molar-refractivity contribution is 1.04. The van der Waals surface area contributed by atoms with E-state index in [0.29, 0.717) is 28.6 Å². The van der Waals surface area contributed by atoms with E-state index in [1.165, 1.54) is 0 Å². The van der Waals surface area contributed by atoms with Crippen molar-refractivity contribution >= 4 is 11.2 Å². The van der Waals surface area contributed by atoms with E-state index in [0.717, 1.165) is 61.6 Å². The van der Waals surface area contributed by atoms with Crippen LogP contribution in [0.3, 0.4) is 0 Å². The summed E-state index contributed by atoms with van der Waals surface area (Å²) < 4.78 is 45.5. The molecule has 0 bridgehead atoms. The summed E-state index contributed by atoms with van der Waals surface area (Å²) in [5, 5.41) is 0. The second-order valence-electron chi connectivity index (χ2n) is 13.5. The average Bonchev–Trinajstić information content (AvgIpc) is 3.72. The Balaban J connectivity index is 1.26. The molecule has 3 aromatic heterocycles. The summed E-state index contributed by atoms with van der Waals surface area (Å²) in [6.45, 7) is 3.87. The zero-order chi connectivity index (χ0) is 42.9. The van der Waals surface area contributed by atoms with Crippen LogP contribution in [0.25, 0.3) is 89.9 Å². The maximum absolute atomic E-state index is 8.98. The normalized spacial score (nSPS) is 12.9. The number of allylic oxidation sites excluding steroid dienone is 4. The third kappa shape index (κ3) is 7.22. The Kier molecular flexibility index (Phi) is 8.21. The van der Waals surface area contributed by atoms with Crippen molar-refractivity contribution in [3.8, 4) is 78.7 Å². The summed E-state index contributed by atoms with van der Waals surface area (Å²) in [5.74, 6) is 1.29. The van der Waals surface area contributed by atoms with Crippen LogP contribution in [0.4, 0.5) is 0 Å². The van der Waals surface area contributed by atoms with Crippen molar-refractivity contribution in [1.82, 2.24) is 24.3 Å². The largest absolute Gasteiger partial charge is 0.299 e. The highest BCUT2D eigenvalue weighted by Crippen LogP contribution is 2.37. The van der Waals surface area contributed by atoms with E-state index in [2.05, 4.69) is 34.7 Å². The standard InChI is InChI=1S/C52H39N5/c1-3-17-36(4-2)50-54-51(41-29-27-39(28-30-41)37-18-8-5-9-19-37)56-52(55-50)46-34-44(38-20-10-6-11-21-38)33-45(35-46)42-24-16-25-43(32-42)48-49(40-22-12-7-13-23-40)57-31-15-14-26-47(57)53-48/h3-35H,1-2H3/b17-3-,36-4+/i6D,10D,11D,20D,21D. The van der Waals surface area contributed by atoms with Gasteiger partial charge in [-0.25, -0.2) is 19.9 Å². The molecule has 0 radical (unpaired) electrons. The highest BCUT2D eigenvalue weighted by atomic mass is 15.0. The molecule has 0 saturated heterocycles. The van der Waals surface area contributed by atoms with Gasteiger partial charge >= 0.3 is 0 Å². The molecular weight excluding hydrogens is 695 g/mol. The van der Waals surface area contributed by atoms with Crippen molar-refractivity contribution in [2.75, 3.05) is 0 Å². The number of hydrogen-bond donors (Lipinski definition) is 0.